The van der Waals surface area contributed by atoms with Crippen LogP contribution in [-0.4, -0.2) is 30.8 Å². The van der Waals surface area contributed by atoms with Gasteiger partial charge in [-0.05, 0) is 51.5 Å². The summed E-state index contributed by atoms with van der Waals surface area (Å²) in [5.74, 6) is 1.80. The second-order valence-electron chi connectivity index (χ2n) is 6.37. The van der Waals surface area contributed by atoms with Crippen LogP contribution in [0.4, 0.5) is 0 Å². The van der Waals surface area contributed by atoms with Crippen LogP contribution in [0.25, 0.3) is 0 Å². The molecule has 1 saturated heterocycles. The Morgan fingerprint density at radius 3 is 2.62 bits per heavy atom. The highest BCUT2D eigenvalue weighted by Gasteiger charge is 2.41. The van der Waals surface area contributed by atoms with Crippen molar-refractivity contribution < 1.29 is 4.74 Å². The summed E-state index contributed by atoms with van der Waals surface area (Å²) < 4.78 is 5.77. The van der Waals surface area contributed by atoms with Gasteiger partial charge in [0.2, 0.25) is 0 Å². The van der Waals surface area contributed by atoms with E-state index in [9.17, 15) is 0 Å². The van der Waals surface area contributed by atoms with E-state index in [-0.39, 0.29) is 11.1 Å². The lowest BCUT2D eigenvalue weighted by atomic mass is 9.81. The molecule has 0 aromatic rings. The first-order chi connectivity index (χ1) is 7.46. The van der Waals surface area contributed by atoms with Gasteiger partial charge in [-0.25, -0.2) is 0 Å². The van der Waals surface area contributed by atoms with Gasteiger partial charge in [0.05, 0.1) is 5.60 Å². The van der Waals surface area contributed by atoms with E-state index in [0.717, 1.165) is 44.4 Å². The lowest BCUT2D eigenvalue weighted by molar-refractivity contribution is -0.0859. The molecule has 3 nitrogen and oxygen atoms in total. The standard InChI is InChI=1S/C13H26N2O/c1-10-6-11(10)7-15-13(9-14)4-5-16-12(2,3)8-13/h10-11,15H,4-9,14H2,1-3H3. The first kappa shape index (κ1) is 12.3. The molecular formula is C13H26N2O. The maximum Gasteiger partial charge on any atom is 0.0644 e. The molecule has 1 aliphatic carbocycles. The molecule has 1 aliphatic heterocycles. The molecule has 0 radical (unpaired) electrons. The topological polar surface area (TPSA) is 47.3 Å². The third-order valence-corrected chi connectivity index (χ3v) is 4.24. The molecule has 0 spiro atoms. The molecule has 1 heterocycles. The minimum Gasteiger partial charge on any atom is -0.375 e. The quantitative estimate of drug-likeness (QED) is 0.764. The summed E-state index contributed by atoms with van der Waals surface area (Å²) in [6.07, 6.45) is 3.46. The highest BCUT2D eigenvalue weighted by atomic mass is 16.5. The van der Waals surface area contributed by atoms with Crippen LogP contribution in [0, 0.1) is 11.8 Å². The van der Waals surface area contributed by atoms with Gasteiger partial charge in [-0.2, -0.15) is 0 Å². The Hall–Kier alpha value is -0.120. The second-order valence-corrected chi connectivity index (χ2v) is 6.37. The van der Waals surface area contributed by atoms with E-state index in [1.807, 2.05) is 0 Å². The molecule has 3 heteroatoms. The van der Waals surface area contributed by atoms with Crippen molar-refractivity contribution in [3.05, 3.63) is 0 Å². The van der Waals surface area contributed by atoms with Crippen LogP contribution in [0.2, 0.25) is 0 Å². The molecule has 3 unspecified atom stereocenters. The van der Waals surface area contributed by atoms with Crippen LogP contribution >= 0.6 is 0 Å². The highest BCUT2D eigenvalue weighted by molar-refractivity contribution is 4.99. The number of rotatable bonds is 4. The fourth-order valence-electron chi connectivity index (χ4n) is 2.91. The van der Waals surface area contributed by atoms with Crippen molar-refractivity contribution in [1.82, 2.24) is 5.32 Å². The van der Waals surface area contributed by atoms with E-state index in [1.54, 1.807) is 0 Å². The third kappa shape index (κ3) is 2.76. The molecule has 0 amide bonds. The molecule has 2 aliphatic rings. The van der Waals surface area contributed by atoms with Gasteiger partial charge in [-0.3, -0.25) is 0 Å². The summed E-state index contributed by atoms with van der Waals surface area (Å²) in [6, 6.07) is 0. The van der Waals surface area contributed by atoms with Gasteiger partial charge in [0.1, 0.15) is 0 Å². The zero-order chi connectivity index (χ0) is 11.8. The first-order valence-electron chi connectivity index (χ1n) is 6.55. The zero-order valence-electron chi connectivity index (χ0n) is 10.9. The van der Waals surface area contributed by atoms with Crippen LogP contribution in [0.15, 0.2) is 0 Å². The van der Waals surface area contributed by atoms with Crippen molar-refractivity contribution in [2.24, 2.45) is 17.6 Å². The third-order valence-electron chi connectivity index (χ3n) is 4.24. The Morgan fingerprint density at radius 1 is 1.44 bits per heavy atom. The fraction of sp³-hybridized carbons (Fsp3) is 1.00. The normalized spacial score (nSPS) is 42.0. The molecule has 2 rings (SSSR count). The molecule has 16 heavy (non-hydrogen) atoms. The summed E-state index contributed by atoms with van der Waals surface area (Å²) in [6.45, 7) is 9.35. The molecule has 0 aromatic heterocycles. The average molecular weight is 226 g/mol. The second kappa shape index (κ2) is 4.28. The van der Waals surface area contributed by atoms with Crippen LogP contribution < -0.4 is 11.1 Å². The molecule has 94 valence electrons. The molecule has 0 bridgehead atoms. The van der Waals surface area contributed by atoms with Crippen molar-refractivity contribution in [3.8, 4) is 0 Å². The van der Waals surface area contributed by atoms with E-state index in [4.69, 9.17) is 10.5 Å². The van der Waals surface area contributed by atoms with Gasteiger partial charge in [0, 0.05) is 18.7 Å². The summed E-state index contributed by atoms with van der Waals surface area (Å²) in [4.78, 5) is 0. The van der Waals surface area contributed by atoms with Crippen LogP contribution in [-0.2, 0) is 4.74 Å². The average Bonchev–Trinajstić information content (AvgIpc) is 2.90. The largest absolute Gasteiger partial charge is 0.375 e. The lowest BCUT2D eigenvalue weighted by Crippen LogP contribution is -2.59. The van der Waals surface area contributed by atoms with Gasteiger partial charge in [0.15, 0.2) is 0 Å². The maximum atomic E-state index is 5.98. The monoisotopic (exact) mass is 226 g/mol. The zero-order valence-corrected chi connectivity index (χ0v) is 10.9. The van der Waals surface area contributed by atoms with Crippen molar-refractivity contribution in [3.63, 3.8) is 0 Å². The molecule has 3 N–H and O–H groups in total. The molecule has 1 saturated carbocycles. The number of hydrogen-bond donors (Lipinski definition) is 2. The summed E-state index contributed by atoms with van der Waals surface area (Å²) >= 11 is 0. The summed E-state index contributed by atoms with van der Waals surface area (Å²) in [7, 11) is 0. The van der Waals surface area contributed by atoms with Crippen LogP contribution in [0.3, 0.4) is 0 Å². The SMILES string of the molecule is CC1CC1CNC1(CN)CCOC(C)(C)C1. The maximum absolute atomic E-state index is 5.98. The Balaban J connectivity index is 1.90. The van der Waals surface area contributed by atoms with E-state index >= 15 is 0 Å². The highest BCUT2D eigenvalue weighted by Crippen LogP contribution is 2.38. The van der Waals surface area contributed by atoms with Gasteiger partial charge in [0.25, 0.3) is 0 Å². The van der Waals surface area contributed by atoms with Gasteiger partial charge in [-0.1, -0.05) is 6.92 Å². The Morgan fingerprint density at radius 2 is 2.12 bits per heavy atom. The smallest absolute Gasteiger partial charge is 0.0644 e. The van der Waals surface area contributed by atoms with E-state index < -0.39 is 0 Å². The van der Waals surface area contributed by atoms with Gasteiger partial charge >= 0.3 is 0 Å². The number of nitrogens with one attached hydrogen (secondary N) is 1. The fourth-order valence-corrected chi connectivity index (χ4v) is 2.91. The molecule has 2 fully saturated rings. The van der Waals surface area contributed by atoms with Crippen LogP contribution in [0.1, 0.15) is 40.0 Å². The van der Waals surface area contributed by atoms with E-state index in [1.165, 1.54) is 6.42 Å². The van der Waals surface area contributed by atoms with Gasteiger partial charge < -0.3 is 15.8 Å². The Labute approximate surface area is 99.1 Å². The number of hydrogen-bond acceptors (Lipinski definition) is 3. The molecular weight excluding hydrogens is 200 g/mol. The minimum absolute atomic E-state index is 0.0280. The van der Waals surface area contributed by atoms with E-state index in [2.05, 4.69) is 26.1 Å². The predicted octanol–water partition coefficient (Wildman–Crippen LogP) is 1.52. The van der Waals surface area contributed by atoms with Crippen LogP contribution in [0.5, 0.6) is 0 Å². The van der Waals surface area contributed by atoms with E-state index in [0.29, 0.717) is 0 Å². The van der Waals surface area contributed by atoms with Crippen molar-refractivity contribution in [2.75, 3.05) is 19.7 Å². The van der Waals surface area contributed by atoms with Gasteiger partial charge in [-0.15, -0.1) is 0 Å². The predicted molar refractivity (Wildman–Crippen MR) is 66.3 cm³/mol. The molecule has 3 atom stereocenters. The number of ether oxygens (including phenoxy) is 1. The number of nitrogens with two attached hydrogens (primary N) is 1. The Bertz CT molecular complexity index is 254. The van der Waals surface area contributed by atoms with Crippen molar-refractivity contribution >= 4 is 0 Å². The van der Waals surface area contributed by atoms with Crippen molar-refractivity contribution in [2.45, 2.75) is 51.2 Å². The summed E-state index contributed by atoms with van der Waals surface area (Å²) in [5, 5.41) is 3.73. The summed E-state index contributed by atoms with van der Waals surface area (Å²) in [5.41, 5.74) is 6.07. The molecule has 0 aromatic carbocycles. The minimum atomic E-state index is -0.0280. The lowest BCUT2D eigenvalue weighted by Gasteiger charge is -2.45. The first-order valence-corrected chi connectivity index (χ1v) is 6.55. The van der Waals surface area contributed by atoms with Crippen molar-refractivity contribution in [1.29, 1.82) is 0 Å². The Kier molecular flexibility index (Phi) is 3.30.